The molecule has 7 nitrogen and oxygen atoms in total. The van der Waals surface area contributed by atoms with E-state index in [2.05, 4.69) is 5.32 Å². The fourth-order valence-corrected chi connectivity index (χ4v) is 1.73. The molecular weight excluding hydrogens is 230 g/mol. The van der Waals surface area contributed by atoms with Gasteiger partial charge in [0.05, 0.1) is 0 Å². The van der Waals surface area contributed by atoms with Crippen molar-refractivity contribution in [1.82, 2.24) is 5.32 Å². The normalized spacial score (nSPS) is 38.3. The highest BCUT2D eigenvalue weighted by Crippen LogP contribution is 2.21. The van der Waals surface area contributed by atoms with Crippen LogP contribution in [0.3, 0.4) is 0 Å². The standard InChI is InChI=1S/C10H21NO6/c1-16-10-9(15)8(14)7(13)6(17-10)5-11-3-2-4-12/h6-15H,2-5H2,1H3/t6-,7-,8+,9-,10+/m1/s1. The lowest BCUT2D eigenvalue weighted by atomic mass is 9.99. The quantitative estimate of drug-likeness (QED) is 0.329. The minimum Gasteiger partial charge on any atom is -0.396 e. The molecule has 0 amide bonds. The summed E-state index contributed by atoms with van der Waals surface area (Å²) in [6, 6.07) is 0. The van der Waals surface area contributed by atoms with Crippen LogP contribution in [-0.2, 0) is 9.47 Å². The molecular formula is C10H21NO6. The predicted octanol–water partition coefficient (Wildman–Crippen LogP) is -2.59. The Balaban J connectivity index is 2.42. The van der Waals surface area contributed by atoms with Gasteiger partial charge in [-0.1, -0.05) is 0 Å². The Morgan fingerprint density at radius 2 is 1.88 bits per heavy atom. The van der Waals surface area contributed by atoms with Crippen molar-refractivity contribution in [2.24, 2.45) is 0 Å². The van der Waals surface area contributed by atoms with Crippen molar-refractivity contribution in [2.75, 3.05) is 26.8 Å². The van der Waals surface area contributed by atoms with Gasteiger partial charge >= 0.3 is 0 Å². The molecule has 0 bridgehead atoms. The highest BCUT2D eigenvalue weighted by Gasteiger charge is 2.43. The average Bonchev–Trinajstić information content (AvgIpc) is 2.34. The molecule has 5 N–H and O–H groups in total. The lowest BCUT2D eigenvalue weighted by Gasteiger charge is -2.39. The lowest BCUT2D eigenvalue weighted by molar-refractivity contribution is -0.288. The van der Waals surface area contributed by atoms with Gasteiger partial charge < -0.3 is 35.2 Å². The van der Waals surface area contributed by atoms with E-state index in [0.717, 1.165) is 0 Å². The van der Waals surface area contributed by atoms with Gasteiger partial charge in [0.15, 0.2) is 6.29 Å². The second-order valence-corrected chi connectivity index (χ2v) is 4.03. The zero-order valence-electron chi connectivity index (χ0n) is 9.82. The number of hydrogen-bond acceptors (Lipinski definition) is 7. The maximum atomic E-state index is 9.70. The van der Waals surface area contributed by atoms with Gasteiger partial charge in [-0.2, -0.15) is 0 Å². The van der Waals surface area contributed by atoms with Gasteiger partial charge in [0.25, 0.3) is 0 Å². The molecule has 0 spiro atoms. The number of ether oxygens (including phenoxy) is 2. The van der Waals surface area contributed by atoms with Gasteiger partial charge in [0.1, 0.15) is 24.4 Å². The summed E-state index contributed by atoms with van der Waals surface area (Å²) in [7, 11) is 1.36. The Bertz CT molecular complexity index is 215. The van der Waals surface area contributed by atoms with E-state index in [1.807, 2.05) is 0 Å². The van der Waals surface area contributed by atoms with Crippen LogP contribution in [0.5, 0.6) is 0 Å². The molecule has 1 rings (SSSR count). The van der Waals surface area contributed by atoms with Crippen LogP contribution >= 0.6 is 0 Å². The summed E-state index contributed by atoms with van der Waals surface area (Å²) in [6.07, 6.45) is -4.73. The molecule has 0 radical (unpaired) electrons. The lowest BCUT2D eigenvalue weighted by Crippen LogP contribution is -2.60. The molecule has 5 atom stereocenters. The summed E-state index contributed by atoms with van der Waals surface area (Å²) in [5.74, 6) is 0. The highest BCUT2D eigenvalue weighted by atomic mass is 16.7. The number of aliphatic hydroxyl groups excluding tert-OH is 4. The largest absolute Gasteiger partial charge is 0.396 e. The zero-order valence-corrected chi connectivity index (χ0v) is 9.82. The Labute approximate surface area is 100.0 Å². The third-order valence-corrected chi connectivity index (χ3v) is 2.76. The van der Waals surface area contributed by atoms with Crippen LogP contribution in [-0.4, -0.2) is 77.9 Å². The van der Waals surface area contributed by atoms with E-state index >= 15 is 0 Å². The first-order valence-corrected chi connectivity index (χ1v) is 5.65. The molecule has 0 unspecified atom stereocenters. The number of nitrogens with one attached hydrogen (secondary N) is 1. The Morgan fingerprint density at radius 3 is 2.47 bits per heavy atom. The molecule has 0 aromatic rings. The molecule has 1 aliphatic rings. The first kappa shape index (κ1) is 14.8. The molecule has 1 saturated heterocycles. The number of rotatable bonds is 6. The maximum absolute atomic E-state index is 9.70. The molecule has 0 aliphatic carbocycles. The van der Waals surface area contributed by atoms with E-state index in [1.54, 1.807) is 0 Å². The number of methoxy groups -OCH3 is 1. The van der Waals surface area contributed by atoms with Gasteiger partial charge in [-0.05, 0) is 13.0 Å². The summed E-state index contributed by atoms with van der Waals surface area (Å²) in [4.78, 5) is 0. The van der Waals surface area contributed by atoms with E-state index < -0.39 is 30.7 Å². The molecule has 0 aromatic heterocycles. The average molecular weight is 251 g/mol. The summed E-state index contributed by atoms with van der Waals surface area (Å²) in [5, 5.41) is 40.4. The van der Waals surface area contributed by atoms with E-state index in [0.29, 0.717) is 19.5 Å². The van der Waals surface area contributed by atoms with Crippen molar-refractivity contribution < 1.29 is 29.9 Å². The maximum Gasteiger partial charge on any atom is 0.186 e. The first-order valence-electron chi connectivity index (χ1n) is 5.65. The summed E-state index contributed by atoms with van der Waals surface area (Å²) in [5.41, 5.74) is 0. The van der Waals surface area contributed by atoms with Crippen molar-refractivity contribution in [3.63, 3.8) is 0 Å². The minimum atomic E-state index is -1.29. The van der Waals surface area contributed by atoms with Gasteiger partial charge in [0.2, 0.25) is 0 Å². The SMILES string of the molecule is CO[C@H]1O[C@H](CNCCCO)[C@@H](O)[C@H](O)[C@H]1O. The van der Waals surface area contributed by atoms with Crippen LogP contribution in [0.15, 0.2) is 0 Å². The molecule has 17 heavy (non-hydrogen) atoms. The monoisotopic (exact) mass is 251 g/mol. The van der Waals surface area contributed by atoms with Crippen LogP contribution in [0.25, 0.3) is 0 Å². The van der Waals surface area contributed by atoms with Crippen molar-refractivity contribution >= 4 is 0 Å². The van der Waals surface area contributed by atoms with Crippen molar-refractivity contribution in [2.45, 2.75) is 37.1 Å². The van der Waals surface area contributed by atoms with Crippen LogP contribution in [0, 0.1) is 0 Å². The molecule has 102 valence electrons. The first-order chi connectivity index (χ1) is 8.11. The third-order valence-electron chi connectivity index (χ3n) is 2.76. The molecule has 1 heterocycles. The Morgan fingerprint density at radius 1 is 1.18 bits per heavy atom. The second-order valence-electron chi connectivity index (χ2n) is 4.03. The van der Waals surface area contributed by atoms with Gasteiger partial charge in [-0.25, -0.2) is 0 Å². The van der Waals surface area contributed by atoms with E-state index in [1.165, 1.54) is 7.11 Å². The number of hydrogen-bond donors (Lipinski definition) is 5. The minimum absolute atomic E-state index is 0.0864. The highest BCUT2D eigenvalue weighted by molar-refractivity contribution is 4.89. The Hall–Kier alpha value is -0.280. The summed E-state index contributed by atoms with van der Waals surface area (Å²) in [6.45, 7) is 0.979. The fourth-order valence-electron chi connectivity index (χ4n) is 1.73. The Kier molecular flexibility index (Phi) is 6.28. The van der Waals surface area contributed by atoms with Gasteiger partial charge in [-0.3, -0.25) is 0 Å². The van der Waals surface area contributed by atoms with Crippen LogP contribution < -0.4 is 5.32 Å². The van der Waals surface area contributed by atoms with E-state index in [9.17, 15) is 15.3 Å². The van der Waals surface area contributed by atoms with Gasteiger partial charge in [-0.15, -0.1) is 0 Å². The topological polar surface area (TPSA) is 111 Å². The summed E-state index contributed by atoms with van der Waals surface area (Å²) < 4.78 is 10.2. The summed E-state index contributed by atoms with van der Waals surface area (Å²) >= 11 is 0. The smallest absolute Gasteiger partial charge is 0.186 e. The van der Waals surface area contributed by atoms with Gasteiger partial charge in [0, 0.05) is 20.3 Å². The zero-order chi connectivity index (χ0) is 12.8. The van der Waals surface area contributed by atoms with Crippen molar-refractivity contribution in [1.29, 1.82) is 0 Å². The second kappa shape index (κ2) is 7.22. The van der Waals surface area contributed by atoms with E-state index in [4.69, 9.17) is 14.6 Å². The van der Waals surface area contributed by atoms with Crippen molar-refractivity contribution in [3.8, 4) is 0 Å². The van der Waals surface area contributed by atoms with Crippen LogP contribution in [0.1, 0.15) is 6.42 Å². The predicted molar refractivity (Wildman–Crippen MR) is 58.3 cm³/mol. The molecule has 0 saturated carbocycles. The van der Waals surface area contributed by atoms with Crippen LogP contribution in [0.2, 0.25) is 0 Å². The molecule has 1 aliphatic heterocycles. The van der Waals surface area contributed by atoms with E-state index in [-0.39, 0.29) is 6.61 Å². The van der Waals surface area contributed by atoms with Crippen molar-refractivity contribution in [3.05, 3.63) is 0 Å². The third kappa shape index (κ3) is 3.85. The number of aliphatic hydroxyl groups is 4. The van der Waals surface area contributed by atoms with Crippen LogP contribution in [0.4, 0.5) is 0 Å². The fraction of sp³-hybridized carbons (Fsp3) is 1.00. The molecule has 7 heteroatoms. The molecule has 0 aromatic carbocycles. The molecule has 1 fully saturated rings.